The van der Waals surface area contributed by atoms with E-state index in [1.165, 1.54) is 7.11 Å². The van der Waals surface area contributed by atoms with Crippen LogP contribution in [0.15, 0.2) is 63.1 Å². The molecule has 1 amide bonds. The number of methoxy groups -OCH3 is 1. The zero-order chi connectivity index (χ0) is 22.6. The molecule has 2 aromatic carbocycles. The average molecular weight is 434 g/mol. The van der Waals surface area contributed by atoms with Crippen LogP contribution in [0.1, 0.15) is 18.1 Å². The average Bonchev–Trinajstić information content (AvgIpc) is 3.05. The van der Waals surface area contributed by atoms with Gasteiger partial charge in [0, 0.05) is 11.3 Å². The number of carbonyl (C=O) groups is 2. The lowest BCUT2D eigenvalue weighted by Crippen LogP contribution is -2.48. The first kappa shape index (κ1) is 19.7. The van der Waals surface area contributed by atoms with Crippen molar-refractivity contribution in [2.45, 2.75) is 12.3 Å². The predicted molar refractivity (Wildman–Crippen MR) is 113 cm³/mol. The molecule has 1 spiro atoms. The quantitative estimate of drug-likeness (QED) is 0.474. The molecule has 5 rings (SSSR count). The molecular formula is C23H18N2O7. The van der Waals surface area contributed by atoms with Gasteiger partial charge >= 0.3 is 11.6 Å². The highest BCUT2D eigenvalue weighted by Crippen LogP contribution is 2.54. The molecule has 9 heteroatoms. The Hall–Kier alpha value is -4.27. The fourth-order valence-electron chi connectivity index (χ4n) is 4.38. The predicted octanol–water partition coefficient (Wildman–Crippen LogP) is 2.17. The molecule has 3 heterocycles. The summed E-state index contributed by atoms with van der Waals surface area (Å²) in [5.41, 5.74) is 3.95. The number of nitrogens with two attached hydrogens (primary N) is 1. The Labute approximate surface area is 181 Å². The molecule has 0 saturated heterocycles. The largest absolute Gasteiger partial charge is 0.497 e. The number of benzene rings is 2. The first-order valence-corrected chi connectivity index (χ1v) is 9.85. The van der Waals surface area contributed by atoms with E-state index < -0.39 is 22.9 Å². The van der Waals surface area contributed by atoms with E-state index in [4.69, 9.17) is 24.4 Å². The molecule has 0 saturated carbocycles. The topological polar surface area (TPSA) is 130 Å². The lowest BCUT2D eigenvalue weighted by atomic mass is 9.68. The van der Waals surface area contributed by atoms with Gasteiger partial charge < -0.3 is 29.7 Å². The zero-order valence-electron chi connectivity index (χ0n) is 17.2. The Kier molecular flexibility index (Phi) is 4.23. The van der Waals surface area contributed by atoms with E-state index in [1.807, 2.05) is 0 Å². The summed E-state index contributed by atoms with van der Waals surface area (Å²) in [4.78, 5) is 40.0. The minimum absolute atomic E-state index is 0.0253. The minimum atomic E-state index is -1.95. The fourth-order valence-corrected chi connectivity index (χ4v) is 4.38. The molecule has 9 nitrogen and oxygen atoms in total. The number of para-hydroxylation sites is 1. The van der Waals surface area contributed by atoms with Crippen LogP contribution < -0.4 is 26.1 Å². The highest BCUT2D eigenvalue weighted by atomic mass is 16.5. The first-order valence-electron chi connectivity index (χ1n) is 9.85. The van der Waals surface area contributed by atoms with Crippen molar-refractivity contribution in [3.63, 3.8) is 0 Å². The van der Waals surface area contributed by atoms with Crippen molar-refractivity contribution in [3.8, 4) is 11.5 Å². The zero-order valence-corrected chi connectivity index (χ0v) is 17.2. The van der Waals surface area contributed by atoms with E-state index in [-0.39, 0.29) is 35.0 Å². The summed E-state index contributed by atoms with van der Waals surface area (Å²) < 4.78 is 21.9. The van der Waals surface area contributed by atoms with E-state index in [9.17, 15) is 14.4 Å². The Morgan fingerprint density at radius 1 is 1.19 bits per heavy atom. The van der Waals surface area contributed by atoms with Crippen LogP contribution in [0.4, 0.5) is 5.69 Å². The monoisotopic (exact) mass is 434 g/mol. The van der Waals surface area contributed by atoms with Gasteiger partial charge in [-0.15, -0.1) is 0 Å². The molecule has 1 atom stereocenters. The SMILES string of the molecule is CCOC(=O)C1=C(N)Oc2c(c(=O)oc3ccccc23)[C@@]12C(=O)Nc1ccc(OC)cc12. The van der Waals surface area contributed by atoms with Crippen molar-refractivity contribution in [2.24, 2.45) is 5.73 Å². The van der Waals surface area contributed by atoms with Gasteiger partial charge in [-0.2, -0.15) is 0 Å². The van der Waals surface area contributed by atoms with Gasteiger partial charge in [0.15, 0.2) is 5.75 Å². The van der Waals surface area contributed by atoms with Crippen LogP contribution in [-0.4, -0.2) is 25.6 Å². The Morgan fingerprint density at radius 2 is 1.97 bits per heavy atom. The number of fused-ring (bicyclic) bond motifs is 6. The van der Waals surface area contributed by atoms with Gasteiger partial charge in [0.1, 0.15) is 27.9 Å². The van der Waals surface area contributed by atoms with Crippen molar-refractivity contribution in [2.75, 3.05) is 19.0 Å². The van der Waals surface area contributed by atoms with Crippen molar-refractivity contribution >= 4 is 28.5 Å². The van der Waals surface area contributed by atoms with Gasteiger partial charge in [0.05, 0.1) is 19.1 Å². The van der Waals surface area contributed by atoms with Crippen LogP contribution in [0.2, 0.25) is 0 Å². The molecule has 0 unspecified atom stereocenters. The minimum Gasteiger partial charge on any atom is -0.497 e. The van der Waals surface area contributed by atoms with Gasteiger partial charge in [-0.3, -0.25) is 4.79 Å². The van der Waals surface area contributed by atoms with Crippen LogP contribution in [-0.2, 0) is 19.7 Å². The summed E-state index contributed by atoms with van der Waals surface area (Å²) in [6.07, 6.45) is 0. The highest BCUT2D eigenvalue weighted by Gasteiger charge is 2.61. The molecule has 32 heavy (non-hydrogen) atoms. The van der Waals surface area contributed by atoms with E-state index in [0.717, 1.165) is 0 Å². The summed E-state index contributed by atoms with van der Waals surface area (Å²) in [5.74, 6) is -1.40. The van der Waals surface area contributed by atoms with Gasteiger partial charge in [-0.05, 0) is 37.3 Å². The Balaban J connectivity index is 1.97. The number of anilines is 1. The van der Waals surface area contributed by atoms with Gasteiger partial charge in [0.25, 0.3) is 0 Å². The van der Waals surface area contributed by atoms with E-state index in [0.29, 0.717) is 22.4 Å². The number of esters is 1. The first-order chi connectivity index (χ1) is 15.4. The molecule has 3 aromatic rings. The van der Waals surface area contributed by atoms with Gasteiger partial charge in [-0.1, -0.05) is 12.1 Å². The number of hydrogen-bond acceptors (Lipinski definition) is 8. The third kappa shape index (κ3) is 2.41. The number of amides is 1. The van der Waals surface area contributed by atoms with Crippen molar-refractivity contribution in [1.29, 1.82) is 0 Å². The van der Waals surface area contributed by atoms with Crippen LogP contribution >= 0.6 is 0 Å². The van der Waals surface area contributed by atoms with Crippen molar-refractivity contribution < 1.29 is 28.2 Å². The standard InChI is InChI=1S/C23H18N2O7/c1-3-30-20(26)17-19(24)32-18-12-6-4-5-7-15(12)31-21(27)16(18)23(17)13-10-11(29-2)8-9-14(13)25-22(23)28/h4-10H,3,24H2,1-2H3,(H,25,28)/t23-/m1/s1. The fraction of sp³-hybridized carbons (Fsp3) is 0.174. The third-order valence-corrected chi connectivity index (χ3v) is 5.67. The van der Waals surface area contributed by atoms with Crippen LogP contribution in [0.25, 0.3) is 11.0 Å². The molecular weight excluding hydrogens is 416 g/mol. The molecule has 1 aromatic heterocycles. The second-order valence-electron chi connectivity index (χ2n) is 7.27. The van der Waals surface area contributed by atoms with Gasteiger partial charge in [-0.25, -0.2) is 9.59 Å². The summed E-state index contributed by atoms with van der Waals surface area (Å²) >= 11 is 0. The number of hydrogen-bond donors (Lipinski definition) is 2. The number of carbonyl (C=O) groups excluding carboxylic acids is 2. The van der Waals surface area contributed by atoms with Crippen LogP contribution in [0, 0.1) is 0 Å². The van der Waals surface area contributed by atoms with Crippen molar-refractivity contribution in [3.05, 3.63) is 75.5 Å². The third-order valence-electron chi connectivity index (χ3n) is 5.67. The maximum atomic E-state index is 13.6. The summed E-state index contributed by atoms with van der Waals surface area (Å²) in [6.45, 7) is 1.64. The maximum absolute atomic E-state index is 13.6. The van der Waals surface area contributed by atoms with E-state index in [2.05, 4.69) is 5.32 Å². The number of ether oxygens (including phenoxy) is 3. The smallest absolute Gasteiger partial charge is 0.345 e. The Morgan fingerprint density at radius 3 is 2.72 bits per heavy atom. The van der Waals surface area contributed by atoms with Gasteiger partial charge in [0.2, 0.25) is 11.8 Å². The molecule has 0 aliphatic carbocycles. The lowest BCUT2D eigenvalue weighted by molar-refractivity contribution is -0.140. The second-order valence-corrected chi connectivity index (χ2v) is 7.27. The number of rotatable bonds is 3. The second kappa shape index (κ2) is 6.88. The number of nitrogens with one attached hydrogen (secondary N) is 1. The summed E-state index contributed by atoms with van der Waals surface area (Å²) in [5, 5.41) is 3.17. The Bertz CT molecular complexity index is 1410. The normalized spacial score (nSPS) is 18.8. The van der Waals surface area contributed by atoms with Crippen LogP contribution in [0.3, 0.4) is 0 Å². The molecule has 2 aliphatic heterocycles. The summed E-state index contributed by atoms with van der Waals surface area (Å²) in [6, 6.07) is 11.5. The lowest BCUT2D eigenvalue weighted by Gasteiger charge is -2.34. The summed E-state index contributed by atoms with van der Waals surface area (Å²) in [7, 11) is 1.47. The molecule has 0 fully saturated rings. The highest BCUT2D eigenvalue weighted by molar-refractivity contribution is 6.18. The van der Waals surface area contributed by atoms with Crippen LogP contribution in [0.5, 0.6) is 11.5 Å². The van der Waals surface area contributed by atoms with E-state index in [1.54, 1.807) is 49.4 Å². The molecule has 2 aliphatic rings. The molecule has 162 valence electrons. The van der Waals surface area contributed by atoms with E-state index >= 15 is 0 Å². The molecule has 3 N–H and O–H groups in total. The maximum Gasteiger partial charge on any atom is 0.345 e. The molecule has 0 bridgehead atoms. The molecule has 0 radical (unpaired) electrons. The van der Waals surface area contributed by atoms with Crippen molar-refractivity contribution in [1.82, 2.24) is 0 Å².